The molecule has 0 radical (unpaired) electrons. The Morgan fingerprint density at radius 2 is 1.65 bits per heavy atom. The first-order chi connectivity index (χ1) is 12.0. The molecule has 1 aromatic rings. The molecule has 144 valence electrons. The highest BCUT2D eigenvalue weighted by molar-refractivity contribution is 5.94. The zero-order valence-corrected chi connectivity index (χ0v) is 16.2. The number of carbonyl (C=O) groups is 3. The van der Waals surface area contributed by atoms with E-state index in [0.29, 0.717) is 0 Å². The van der Waals surface area contributed by atoms with Gasteiger partial charge >= 0.3 is 12.1 Å². The number of nitrogens with one attached hydrogen (secondary N) is 2. The number of hydrogen-bond donors (Lipinski definition) is 2. The summed E-state index contributed by atoms with van der Waals surface area (Å²) in [6.45, 7) is 8.39. The Morgan fingerprint density at radius 3 is 2.15 bits per heavy atom. The lowest BCUT2D eigenvalue weighted by atomic mass is 9.86. The summed E-state index contributed by atoms with van der Waals surface area (Å²) in [7, 11) is 1.23. The third-order valence-electron chi connectivity index (χ3n) is 3.95. The van der Waals surface area contributed by atoms with E-state index in [-0.39, 0.29) is 6.54 Å². The summed E-state index contributed by atoms with van der Waals surface area (Å²) < 4.78 is 9.97. The molecule has 0 heterocycles. The predicted octanol–water partition coefficient (Wildman–Crippen LogP) is 2.40. The quantitative estimate of drug-likeness (QED) is 0.756. The molecule has 7 nitrogen and oxygen atoms in total. The highest BCUT2D eigenvalue weighted by atomic mass is 16.6. The van der Waals surface area contributed by atoms with Crippen molar-refractivity contribution >= 4 is 18.0 Å². The summed E-state index contributed by atoms with van der Waals surface area (Å²) in [5.74, 6) is -2.04. The summed E-state index contributed by atoms with van der Waals surface area (Å²) >= 11 is 0. The van der Waals surface area contributed by atoms with Crippen LogP contribution in [-0.2, 0) is 25.6 Å². The molecule has 0 fully saturated rings. The normalized spacial score (nSPS) is 14.5. The highest BCUT2D eigenvalue weighted by Crippen LogP contribution is 2.21. The molecule has 0 saturated carbocycles. The van der Waals surface area contributed by atoms with Crippen molar-refractivity contribution in [2.45, 2.75) is 52.3 Å². The molecule has 2 amide bonds. The molecular formula is C19H28N2O5. The summed E-state index contributed by atoms with van der Waals surface area (Å²) in [6, 6.07) is 9.32. The molecule has 0 aliphatic rings. The zero-order valence-electron chi connectivity index (χ0n) is 16.2. The van der Waals surface area contributed by atoms with Crippen molar-refractivity contribution in [3.8, 4) is 0 Å². The standard InChI is InChI=1S/C19H28N2O5/c1-13(15(22)25-6)19(5,21-17(24)26-18(2,3)4)16(23)20-12-14-10-8-7-9-11-14/h7-11,13H,12H2,1-6H3,(H,20,23)(H,21,24)/t13-,19+/m1/s1. The largest absolute Gasteiger partial charge is 0.469 e. The summed E-state index contributed by atoms with van der Waals surface area (Å²) in [4.78, 5) is 37.0. The lowest BCUT2D eigenvalue weighted by Crippen LogP contribution is -2.62. The molecular weight excluding hydrogens is 336 g/mol. The fourth-order valence-electron chi connectivity index (χ4n) is 2.25. The minimum Gasteiger partial charge on any atom is -0.469 e. The number of benzene rings is 1. The van der Waals surface area contributed by atoms with Gasteiger partial charge in [0.2, 0.25) is 5.91 Å². The Balaban J connectivity index is 2.97. The van der Waals surface area contributed by atoms with E-state index in [1.165, 1.54) is 21.0 Å². The SMILES string of the molecule is COC(=O)[C@@H](C)[C@](C)(NC(=O)OC(C)(C)C)C(=O)NCc1ccccc1. The van der Waals surface area contributed by atoms with Gasteiger partial charge in [0.15, 0.2) is 0 Å². The highest BCUT2D eigenvalue weighted by Gasteiger charge is 2.45. The maximum atomic E-state index is 12.8. The first-order valence-electron chi connectivity index (χ1n) is 8.41. The molecule has 0 unspecified atom stereocenters. The van der Waals surface area contributed by atoms with Gasteiger partial charge in [-0.25, -0.2) is 4.79 Å². The van der Waals surface area contributed by atoms with Gasteiger partial charge in [0.25, 0.3) is 0 Å². The van der Waals surface area contributed by atoms with Gasteiger partial charge in [-0.05, 0) is 40.2 Å². The topological polar surface area (TPSA) is 93.7 Å². The van der Waals surface area contributed by atoms with Crippen molar-refractivity contribution in [3.63, 3.8) is 0 Å². The second kappa shape index (κ2) is 8.69. The van der Waals surface area contributed by atoms with Crippen molar-refractivity contribution in [1.29, 1.82) is 0 Å². The number of carbonyl (C=O) groups excluding carboxylic acids is 3. The van der Waals surface area contributed by atoms with Crippen molar-refractivity contribution in [2.24, 2.45) is 5.92 Å². The second-order valence-electron chi connectivity index (χ2n) is 7.24. The number of methoxy groups -OCH3 is 1. The fourth-order valence-corrected chi connectivity index (χ4v) is 2.25. The van der Waals surface area contributed by atoms with Crippen LogP contribution in [0.4, 0.5) is 4.79 Å². The lowest BCUT2D eigenvalue weighted by Gasteiger charge is -2.34. The van der Waals surface area contributed by atoms with Crippen LogP contribution in [0.15, 0.2) is 30.3 Å². The van der Waals surface area contributed by atoms with Crippen LogP contribution in [0.5, 0.6) is 0 Å². The smallest absolute Gasteiger partial charge is 0.408 e. The third kappa shape index (κ3) is 6.06. The molecule has 2 atom stereocenters. The van der Waals surface area contributed by atoms with E-state index < -0.39 is 35.0 Å². The number of esters is 1. The average Bonchev–Trinajstić information content (AvgIpc) is 2.57. The summed E-state index contributed by atoms with van der Waals surface area (Å²) in [6.07, 6.45) is -0.786. The van der Waals surface area contributed by atoms with Crippen molar-refractivity contribution < 1.29 is 23.9 Å². The van der Waals surface area contributed by atoms with Crippen LogP contribution in [0.1, 0.15) is 40.2 Å². The van der Waals surface area contributed by atoms with Crippen molar-refractivity contribution in [1.82, 2.24) is 10.6 Å². The van der Waals surface area contributed by atoms with Gasteiger partial charge in [0.1, 0.15) is 11.1 Å². The maximum absolute atomic E-state index is 12.8. The number of alkyl carbamates (subject to hydrolysis) is 1. The Hall–Kier alpha value is -2.57. The van der Waals surface area contributed by atoms with Gasteiger partial charge < -0.3 is 20.1 Å². The van der Waals surface area contributed by atoms with Crippen LogP contribution in [-0.4, -0.2) is 36.2 Å². The van der Waals surface area contributed by atoms with E-state index in [0.717, 1.165) is 5.56 Å². The van der Waals surface area contributed by atoms with E-state index in [9.17, 15) is 14.4 Å². The molecule has 0 aliphatic carbocycles. The van der Waals surface area contributed by atoms with Crippen molar-refractivity contribution in [2.75, 3.05) is 7.11 Å². The first kappa shape index (κ1) is 21.5. The van der Waals surface area contributed by atoms with E-state index in [2.05, 4.69) is 10.6 Å². The fraction of sp³-hybridized carbons (Fsp3) is 0.526. The van der Waals surface area contributed by atoms with Crippen LogP contribution in [0.25, 0.3) is 0 Å². The third-order valence-corrected chi connectivity index (χ3v) is 3.95. The molecule has 7 heteroatoms. The Labute approximate surface area is 154 Å². The predicted molar refractivity (Wildman–Crippen MR) is 97.2 cm³/mol. The van der Waals surface area contributed by atoms with Gasteiger partial charge in [-0.15, -0.1) is 0 Å². The monoisotopic (exact) mass is 364 g/mol. The second-order valence-corrected chi connectivity index (χ2v) is 7.24. The van der Waals surface area contributed by atoms with Gasteiger partial charge in [0, 0.05) is 6.54 Å². The van der Waals surface area contributed by atoms with Crippen LogP contribution in [0.2, 0.25) is 0 Å². The summed E-state index contributed by atoms with van der Waals surface area (Å²) in [5, 5.41) is 5.28. The minimum absolute atomic E-state index is 0.263. The van der Waals surface area contributed by atoms with E-state index in [1.807, 2.05) is 30.3 Å². The Kier molecular flexibility index (Phi) is 7.18. The molecule has 2 N–H and O–H groups in total. The van der Waals surface area contributed by atoms with E-state index >= 15 is 0 Å². The Bertz CT molecular complexity index is 639. The van der Waals surface area contributed by atoms with Gasteiger partial charge in [0.05, 0.1) is 13.0 Å². The molecule has 1 aromatic carbocycles. The lowest BCUT2D eigenvalue weighted by molar-refractivity contribution is -0.151. The number of ether oxygens (including phenoxy) is 2. The molecule has 26 heavy (non-hydrogen) atoms. The van der Waals surface area contributed by atoms with Gasteiger partial charge in [-0.2, -0.15) is 0 Å². The molecule has 0 spiro atoms. The zero-order chi connectivity index (χ0) is 20.0. The average molecular weight is 364 g/mol. The minimum atomic E-state index is -1.54. The van der Waals surface area contributed by atoms with E-state index in [4.69, 9.17) is 9.47 Å². The van der Waals surface area contributed by atoms with Crippen LogP contribution in [0.3, 0.4) is 0 Å². The number of rotatable bonds is 6. The number of amides is 2. The van der Waals surface area contributed by atoms with Crippen LogP contribution >= 0.6 is 0 Å². The van der Waals surface area contributed by atoms with Gasteiger partial charge in [-0.3, -0.25) is 9.59 Å². The van der Waals surface area contributed by atoms with Crippen LogP contribution in [0, 0.1) is 5.92 Å². The number of hydrogen-bond acceptors (Lipinski definition) is 5. The van der Waals surface area contributed by atoms with Crippen LogP contribution < -0.4 is 10.6 Å². The maximum Gasteiger partial charge on any atom is 0.408 e. The Morgan fingerprint density at radius 1 is 1.08 bits per heavy atom. The van der Waals surface area contributed by atoms with Gasteiger partial charge in [-0.1, -0.05) is 30.3 Å². The molecule has 0 bridgehead atoms. The molecule has 1 rings (SSSR count). The summed E-state index contributed by atoms with van der Waals surface area (Å²) in [5.41, 5.74) is -1.38. The van der Waals surface area contributed by atoms with E-state index in [1.54, 1.807) is 20.8 Å². The van der Waals surface area contributed by atoms with Crippen molar-refractivity contribution in [3.05, 3.63) is 35.9 Å². The molecule has 0 aromatic heterocycles. The molecule has 0 saturated heterocycles. The first-order valence-corrected chi connectivity index (χ1v) is 8.41. The molecule has 0 aliphatic heterocycles.